The van der Waals surface area contributed by atoms with Crippen molar-refractivity contribution in [2.75, 3.05) is 13.2 Å². The van der Waals surface area contributed by atoms with Gasteiger partial charge in [0.1, 0.15) is 0 Å². The van der Waals surface area contributed by atoms with Gasteiger partial charge < -0.3 is 9.47 Å². The Hall–Kier alpha value is -2.20. The maximum Gasteiger partial charge on any atom is 0.161 e. The van der Waals surface area contributed by atoms with Crippen molar-refractivity contribution in [3.63, 3.8) is 0 Å². The fraction of sp³-hybridized carbons (Fsp3) is 0.692. The lowest BCUT2D eigenvalue weighted by Gasteiger charge is -2.16. The largest absolute Gasteiger partial charge is 0.490 e. The Morgan fingerprint density at radius 3 is 1.33 bits per heavy atom. The normalized spacial score (nSPS) is 10.4. The Kier molecular flexibility index (Phi) is 15.2. The smallest absolute Gasteiger partial charge is 0.161 e. The topological polar surface area (TPSA) is 66.0 Å². The zero-order valence-corrected chi connectivity index (χ0v) is 19.2. The summed E-state index contributed by atoms with van der Waals surface area (Å²) >= 11 is 0. The van der Waals surface area contributed by atoms with E-state index in [1.54, 1.807) is 0 Å². The highest BCUT2D eigenvalue weighted by molar-refractivity contribution is 5.49. The third-order valence-electron chi connectivity index (χ3n) is 5.32. The van der Waals surface area contributed by atoms with E-state index in [-0.39, 0.29) is 12.8 Å². The van der Waals surface area contributed by atoms with Crippen molar-refractivity contribution in [1.29, 1.82) is 10.5 Å². The summed E-state index contributed by atoms with van der Waals surface area (Å²) < 4.78 is 12.1. The molecule has 0 fully saturated rings. The summed E-state index contributed by atoms with van der Waals surface area (Å²) in [6.07, 6.45) is 15.1. The number of nitrogens with zero attached hydrogens (tertiary/aromatic N) is 2. The molecule has 1 rings (SSSR count). The fourth-order valence-corrected chi connectivity index (χ4v) is 3.50. The van der Waals surface area contributed by atoms with Crippen LogP contribution in [0.15, 0.2) is 12.1 Å². The van der Waals surface area contributed by atoms with Gasteiger partial charge in [-0.1, -0.05) is 78.1 Å². The number of unbranched alkanes of at least 4 members (excludes halogenated alkanes) is 10. The van der Waals surface area contributed by atoms with E-state index in [2.05, 4.69) is 26.0 Å². The average molecular weight is 413 g/mol. The third-order valence-corrected chi connectivity index (χ3v) is 5.32. The second-order valence-electron chi connectivity index (χ2n) is 7.97. The van der Waals surface area contributed by atoms with Crippen LogP contribution < -0.4 is 9.47 Å². The van der Waals surface area contributed by atoms with Crippen LogP contribution in [0.1, 0.15) is 102 Å². The SMILES string of the molecule is CCCCCCCCOc1cc(CC#N)c(CC#N)cc1OCCCCCCCC. The van der Waals surface area contributed by atoms with Crippen LogP contribution in [0, 0.1) is 22.7 Å². The Labute approximate surface area is 184 Å². The van der Waals surface area contributed by atoms with Gasteiger partial charge in [0.25, 0.3) is 0 Å². The summed E-state index contributed by atoms with van der Waals surface area (Å²) in [4.78, 5) is 0. The van der Waals surface area contributed by atoms with Gasteiger partial charge in [-0.3, -0.25) is 0 Å². The first kappa shape index (κ1) is 25.8. The number of nitriles is 2. The summed E-state index contributed by atoms with van der Waals surface area (Å²) in [5.74, 6) is 1.42. The number of rotatable bonds is 18. The molecule has 1 aromatic rings. The molecule has 30 heavy (non-hydrogen) atoms. The summed E-state index contributed by atoms with van der Waals surface area (Å²) in [6.45, 7) is 5.77. The van der Waals surface area contributed by atoms with Crippen LogP contribution in [0.25, 0.3) is 0 Å². The van der Waals surface area contributed by atoms with Gasteiger partial charge in [0.05, 0.1) is 38.2 Å². The van der Waals surface area contributed by atoms with E-state index in [1.165, 1.54) is 64.2 Å². The van der Waals surface area contributed by atoms with Crippen molar-refractivity contribution < 1.29 is 9.47 Å². The molecule has 0 saturated carbocycles. The van der Waals surface area contributed by atoms with Crippen LogP contribution >= 0.6 is 0 Å². The first-order valence-corrected chi connectivity index (χ1v) is 11.9. The Morgan fingerprint density at radius 2 is 0.967 bits per heavy atom. The molecule has 0 aliphatic heterocycles. The van der Waals surface area contributed by atoms with Crippen LogP contribution in [-0.4, -0.2) is 13.2 Å². The first-order chi connectivity index (χ1) is 14.8. The van der Waals surface area contributed by atoms with E-state index in [0.29, 0.717) is 24.7 Å². The fourth-order valence-electron chi connectivity index (χ4n) is 3.50. The molecule has 1 aromatic carbocycles. The van der Waals surface area contributed by atoms with Gasteiger partial charge in [0.2, 0.25) is 0 Å². The first-order valence-electron chi connectivity index (χ1n) is 11.9. The number of benzene rings is 1. The highest BCUT2D eigenvalue weighted by Gasteiger charge is 2.13. The average Bonchev–Trinajstić information content (AvgIpc) is 2.75. The van der Waals surface area contributed by atoms with Crippen molar-refractivity contribution >= 4 is 0 Å². The molecule has 0 heterocycles. The molecule has 0 aliphatic carbocycles. The maximum atomic E-state index is 9.15. The van der Waals surface area contributed by atoms with Gasteiger partial charge in [-0.2, -0.15) is 10.5 Å². The second-order valence-corrected chi connectivity index (χ2v) is 7.97. The van der Waals surface area contributed by atoms with Crippen molar-refractivity contribution in [2.45, 2.75) is 104 Å². The molecular formula is C26H40N2O2. The van der Waals surface area contributed by atoms with E-state index in [0.717, 1.165) is 24.0 Å². The van der Waals surface area contributed by atoms with Gasteiger partial charge in [0.15, 0.2) is 11.5 Å². The molecule has 0 spiro atoms. The van der Waals surface area contributed by atoms with Gasteiger partial charge in [-0.05, 0) is 36.1 Å². The van der Waals surface area contributed by atoms with E-state index < -0.39 is 0 Å². The number of hydrogen-bond donors (Lipinski definition) is 0. The van der Waals surface area contributed by atoms with Crippen molar-refractivity contribution in [3.05, 3.63) is 23.3 Å². The molecule has 0 atom stereocenters. The molecule has 0 amide bonds. The molecule has 0 radical (unpaired) electrons. The van der Waals surface area contributed by atoms with E-state index >= 15 is 0 Å². The minimum absolute atomic E-state index is 0.280. The molecule has 0 aliphatic rings. The van der Waals surface area contributed by atoms with Crippen LogP contribution in [0.2, 0.25) is 0 Å². The third kappa shape index (κ3) is 11.1. The molecule has 4 heteroatoms. The highest BCUT2D eigenvalue weighted by Crippen LogP contribution is 2.32. The summed E-state index contributed by atoms with van der Waals surface area (Å²) in [6, 6.07) is 8.21. The minimum atomic E-state index is 0.280. The van der Waals surface area contributed by atoms with E-state index in [4.69, 9.17) is 20.0 Å². The van der Waals surface area contributed by atoms with Crippen LogP contribution in [0.5, 0.6) is 11.5 Å². The lowest BCUT2D eigenvalue weighted by Crippen LogP contribution is -2.05. The van der Waals surface area contributed by atoms with Gasteiger partial charge in [0, 0.05) is 0 Å². The summed E-state index contributed by atoms with van der Waals surface area (Å²) in [5.41, 5.74) is 1.73. The summed E-state index contributed by atoms with van der Waals surface area (Å²) in [7, 11) is 0. The minimum Gasteiger partial charge on any atom is -0.490 e. The van der Waals surface area contributed by atoms with Crippen molar-refractivity contribution in [3.8, 4) is 23.6 Å². The molecule has 0 saturated heterocycles. The van der Waals surface area contributed by atoms with Gasteiger partial charge in [-0.15, -0.1) is 0 Å². The summed E-state index contributed by atoms with van der Waals surface area (Å²) in [5, 5.41) is 18.3. The lowest BCUT2D eigenvalue weighted by molar-refractivity contribution is 0.258. The molecule has 166 valence electrons. The maximum absolute atomic E-state index is 9.15. The predicted octanol–water partition coefficient (Wildman–Crippen LogP) is 7.30. The monoisotopic (exact) mass is 412 g/mol. The Morgan fingerprint density at radius 1 is 0.600 bits per heavy atom. The van der Waals surface area contributed by atoms with Crippen LogP contribution in [0.4, 0.5) is 0 Å². The van der Waals surface area contributed by atoms with E-state index in [9.17, 15) is 0 Å². The Balaban J connectivity index is 2.67. The molecule has 0 unspecified atom stereocenters. The van der Waals surface area contributed by atoms with Gasteiger partial charge >= 0.3 is 0 Å². The lowest BCUT2D eigenvalue weighted by atomic mass is 10.0. The molecular weight excluding hydrogens is 372 g/mol. The van der Waals surface area contributed by atoms with Crippen LogP contribution in [-0.2, 0) is 12.8 Å². The highest BCUT2D eigenvalue weighted by atomic mass is 16.5. The Bertz CT molecular complexity index is 601. The molecule has 0 aromatic heterocycles. The number of hydrogen-bond acceptors (Lipinski definition) is 4. The molecule has 0 N–H and O–H groups in total. The van der Waals surface area contributed by atoms with Crippen LogP contribution in [0.3, 0.4) is 0 Å². The van der Waals surface area contributed by atoms with Crippen molar-refractivity contribution in [2.24, 2.45) is 0 Å². The van der Waals surface area contributed by atoms with Gasteiger partial charge in [-0.25, -0.2) is 0 Å². The van der Waals surface area contributed by atoms with E-state index in [1.807, 2.05) is 12.1 Å². The zero-order valence-electron chi connectivity index (χ0n) is 19.2. The predicted molar refractivity (Wildman–Crippen MR) is 123 cm³/mol. The van der Waals surface area contributed by atoms with Crippen molar-refractivity contribution in [1.82, 2.24) is 0 Å². The quantitative estimate of drug-likeness (QED) is 0.237. The molecule has 0 bridgehead atoms. The second kappa shape index (κ2) is 17.6. The standard InChI is InChI=1S/C26H40N2O2/c1-3-5-7-9-11-13-19-29-25-21-23(15-17-27)24(16-18-28)22-26(25)30-20-14-12-10-8-6-4-2/h21-22H,3-16,19-20H2,1-2H3. The molecule has 4 nitrogen and oxygen atoms in total. The number of ether oxygens (including phenoxy) is 2. The zero-order chi connectivity index (χ0) is 21.9.